The van der Waals surface area contributed by atoms with E-state index in [0.29, 0.717) is 27.1 Å². The summed E-state index contributed by atoms with van der Waals surface area (Å²) in [6, 6.07) is 15.4. The van der Waals surface area contributed by atoms with Crippen LogP contribution in [0.4, 0.5) is 10.5 Å². The Bertz CT molecular complexity index is 1120. The number of halogens is 1. The molecule has 0 saturated carbocycles. The fraction of sp³-hybridized carbons (Fsp3) is 0. The number of hydrogen-bond donors (Lipinski definition) is 2. The van der Waals surface area contributed by atoms with Crippen LogP contribution in [0.5, 0.6) is 0 Å². The van der Waals surface area contributed by atoms with Gasteiger partial charge in [0.05, 0.1) is 0 Å². The summed E-state index contributed by atoms with van der Waals surface area (Å²) >= 11 is 7.25. The van der Waals surface area contributed by atoms with E-state index in [1.165, 1.54) is 11.3 Å². The number of imidazole rings is 1. The molecule has 0 radical (unpaired) electrons. The molecule has 0 aliphatic heterocycles. The smallest absolute Gasteiger partial charge is 0.308 e. The maximum atomic E-state index is 12.8. The van der Waals surface area contributed by atoms with Crippen molar-refractivity contribution in [3.8, 4) is 11.3 Å². The molecular formula is C19H13ClN4O2S. The van der Waals surface area contributed by atoms with Gasteiger partial charge in [0.2, 0.25) is 0 Å². The Morgan fingerprint density at radius 3 is 2.52 bits per heavy atom. The number of hydrogen-bond acceptors (Lipinski definition) is 4. The van der Waals surface area contributed by atoms with Gasteiger partial charge in [-0.05, 0) is 24.3 Å². The molecule has 4 aromatic rings. The SMILES string of the molecule is O=C(NC(=O)c1c(-c2ccccc2)nc2sccn12)Nc1ccc(Cl)cc1. The number of thiazole rings is 1. The Kier molecular flexibility index (Phi) is 4.62. The summed E-state index contributed by atoms with van der Waals surface area (Å²) in [5.41, 5.74) is 2.17. The first-order valence-electron chi connectivity index (χ1n) is 8.01. The predicted octanol–water partition coefficient (Wildman–Crippen LogP) is 4.68. The first kappa shape index (κ1) is 17.3. The highest BCUT2D eigenvalue weighted by Gasteiger charge is 2.22. The maximum Gasteiger partial charge on any atom is 0.326 e. The van der Waals surface area contributed by atoms with Crippen molar-refractivity contribution in [1.29, 1.82) is 0 Å². The summed E-state index contributed by atoms with van der Waals surface area (Å²) in [6.07, 6.45) is 1.76. The Morgan fingerprint density at radius 1 is 1.04 bits per heavy atom. The minimum atomic E-state index is -0.633. The van der Waals surface area contributed by atoms with Crippen LogP contribution in [0.3, 0.4) is 0 Å². The fourth-order valence-electron chi connectivity index (χ4n) is 2.66. The highest BCUT2D eigenvalue weighted by atomic mass is 35.5. The molecule has 2 aromatic heterocycles. The lowest BCUT2D eigenvalue weighted by Gasteiger charge is -2.08. The minimum absolute atomic E-state index is 0.309. The highest BCUT2D eigenvalue weighted by molar-refractivity contribution is 7.15. The molecule has 0 aliphatic rings. The van der Waals surface area contributed by atoms with E-state index in [9.17, 15) is 9.59 Å². The van der Waals surface area contributed by atoms with E-state index < -0.39 is 11.9 Å². The summed E-state index contributed by atoms with van der Waals surface area (Å²) in [6.45, 7) is 0. The first-order valence-corrected chi connectivity index (χ1v) is 9.26. The van der Waals surface area contributed by atoms with Gasteiger partial charge < -0.3 is 5.32 Å². The molecule has 8 heteroatoms. The Labute approximate surface area is 163 Å². The Morgan fingerprint density at radius 2 is 1.78 bits per heavy atom. The van der Waals surface area contributed by atoms with Gasteiger partial charge in [-0.25, -0.2) is 9.78 Å². The zero-order valence-electron chi connectivity index (χ0n) is 13.8. The molecule has 0 bridgehead atoms. The molecule has 0 aliphatic carbocycles. The number of nitrogens with one attached hydrogen (secondary N) is 2. The van der Waals surface area contributed by atoms with E-state index in [-0.39, 0.29) is 0 Å². The largest absolute Gasteiger partial charge is 0.326 e. The van der Waals surface area contributed by atoms with Crippen molar-refractivity contribution >= 4 is 45.5 Å². The van der Waals surface area contributed by atoms with Crippen LogP contribution in [0.25, 0.3) is 16.2 Å². The van der Waals surface area contributed by atoms with Crippen LogP contribution in [-0.2, 0) is 0 Å². The molecule has 2 heterocycles. The summed E-state index contributed by atoms with van der Waals surface area (Å²) in [7, 11) is 0. The van der Waals surface area contributed by atoms with Crippen LogP contribution in [-0.4, -0.2) is 21.3 Å². The van der Waals surface area contributed by atoms with Crippen molar-refractivity contribution in [2.75, 3.05) is 5.32 Å². The molecule has 4 rings (SSSR count). The second-order valence-corrected chi connectivity index (χ2v) is 6.96. The second-order valence-electron chi connectivity index (χ2n) is 5.65. The van der Waals surface area contributed by atoms with Crippen LogP contribution in [0.2, 0.25) is 5.02 Å². The molecule has 134 valence electrons. The normalized spacial score (nSPS) is 10.7. The van der Waals surface area contributed by atoms with Crippen molar-refractivity contribution in [3.63, 3.8) is 0 Å². The van der Waals surface area contributed by atoms with E-state index in [0.717, 1.165) is 5.56 Å². The van der Waals surface area contributed by atoms with Crippen LogP contribution in [0.15, 0.2) is 66.2 Å². The number of urea groups is 1. The molecule has 2 N–H and O–H groups in total. The molecule has 2 aromatic carbocycles. The van der Waals surface area contributed by atoms with E-state index >= 15 is 0 Å². The van der Waals surface area contributed by atoms with Crippen molar-refractivity contribution < 1.29 is 9.59 Å². The fourth-order valence-corrected chi connectivity index (χ4v) is 3.50. The van der Waals surface area contributed by atoms with Gasteiger partial charge in [-0.1, -0.05) is 41.9 Å². The summed E-state index contributed by atoms with van der Waals surface area (Å²) in [4.78, 5) is 30.3. The number of rotatable bonds is 3. The molecule has 27 heavy (non-hydrogen) atoms. The van der Waals surface area contributed by atoms with E-state index in [2.05, 4.69) is 15.6 Å². The maximum absolute atomic E-state index is 12.8. The van der Waals surface area contributed by atoms with Gasteiger partial charge in [-0.15, -0.1) is 11.3 Å². The van der Waals surface area contributed by atoms with Gasteiger partial charge in [-0.2, -0.15) is 0 Å². The van der Waals surface area contributed by atoms with Crippen molar-refractivity contribution in [1.82, 2.24) is 14.7 Å². The lowest BCUT2D eigenvalue weighted by atomic mass is 10.1. The van der Waals surface area contributed by atoms with Gasteiger partial charge in [0.15, 0.2) is 4.96 Å². The summed E-state index contributed by atoms with van der Waals surface area (Å²) in [5.74, 6) is -0.536. The van der Waals surface area contributed by atoms with Crippen LogP contribution < -0.4 is 10.6 Å². The monoisotopic (exact) mass is 396 g/mol. The molecule has 0 saturated heterocycles. The number of nitrogens with zero attached hydrogens (tertiary/aromatic N) is 2. The number of imide groups is 1. The molecule has 0 unspecified atom stereocenters. The van der Waals surface area contributed by atoms with Gasteiger partial charge >= 0.3 is 6.03 Å². The third-order valence-electron chi connectivity index (χ3n) is 3.85. The van der Waals surface area contributed by atoms with Gasteiger partial charge in [0.1, 0.15) is 11.4 Å². The average molecular weight is 397 g/mol. The quantitative estimate of drug-likeness (QED) is 0.528. The van der Waals surface area contributed by atoms with Crippen molar-refractivity contribution in [3.05, 3.63) is 76.9 Å². The van der Waals surface area contributed by atoms with Crippen LogP contribution >= 0.6 is 22.9 Å². The van der Waals surface area contributed by atoms with Crippen LogP contribution in [0, 0.1) is 0 Å². The second kappa shape index (κ2) is 7.22. The zero-order chi connectivity index (χ0) is 18.8. The van der Waals surface area contributed by atoms with Gasteiger partial charge in [0.25, 0.3) is 5.91 Å². The molecule has 0 atom stereocenters. The van der Waals surface area contributed by atoms with E-state index in [4.69, 9.17) is 11.6 Å². The zero-order valence-corrected chi connectivity index (χ0v) is 15.4. The molecule has 6 nitrogen and oxygen atoms in total. The number of anilines is 1. The van der Waals surface area contributed by atoms with E-state index in [1.807, 2.05) is 35.7 Å². The number of carbonyl (C=O) groups is 2. The Hall–Kier alpha value is -3.16. The third kappa shape index (κ3) is 3.55. The first-order chi connectivity index (χ1) is 13.1. The third-order valence-corrected chi connectivity index (χ3v) is 4.86. The van der Waals surface area contributed by atoms with Gasteiger partial charge in [0, 0.05) is 27.9 Å². The van der Waals surface area contributed by atoms with Crippen LogP contribution in [0.1, 0.15) is 10.5 Å². The molecule has 0 fully saturated rings. The number of fused-ring (bicyclic) bond motifs is 1. The number of benzene rings is 2. The van der Waals surface area contributed by atoms with Crippen molar-refractivity contribution in [2.45, 2.75) is 0 Å². The molecular weight excluding hydrogens is 384 g/mol. The highest BCUT2D eigenvalue weighted by Crippen LogP contribution is 2.26. The average Bonchev–Trinajstić information content (AvgIpc) is 3.25. The lowest BCUT2D eigenvalue weighted by Crippen LogP contribution is -2.35. The molecule has 3 amide bonds. The topological polar surface area (TPSA) is 75.5 Å². The number of carbonyl (C=O) groups excluding carboxylic acids is 2. The van der Waals surface area contributed by atoms with Gasteiger partial charge in [-0.3, -0.25) is 14.5 Å². The molecule has 0 spiro atoms. The predicted molar refractivity (Wildman–Crippen MR) is 106 cm³/mol. The standard InChI is InChI=1S/C19H13ClN4O2S/c20-13-6-8-14(9-7-13)21-18(26)23-17(25)16-15(12-4-2-1-3-5-12)22-19-24(16)10-11-27-19/h1-11H,(H2,21,23,25,26). The lowest BCUT2D eigenvalue weighted by molar-refractivity contribution is 0.0962. The number of aromatic nitrogens is 2. The van der Waals surface area contributed by atoms with Crippen molar-refractivity contribution in [2.24, 2.45) is 0 Å². The van der Waals surface area contributed by atoms with E-state index in [1.54, 1.807) is 34.9 Å². The summed E-state index contributed by atoms with van der Waals surface area (Å²) < 4.78 is 1.68. The Balaban J connectivity index is 1.61. The summed E-state index contributed by atoms with van der Waals surface area (Å²) in [5, 5.41) is 7.36. The number of amides is 3. The minimum Gasteiger partial charge on any atom is -0.308 e.